The first-order chi connectivity index (χ1) is 10.2. The molecule has 0 aliphatic heterocycles. The zero-order valence-electron chi connectivity index (χ0n) is 15.0. The molecule has 1 N–H and O–H groups in total. The first-order valence-corrected chi connectivity index (χ1v) is 8.97. The first kappa shape index (κ1) is 17.6. The highest BCUT2D eigenvalue weighted by atomic mass is 16.6. The summed E-state index contributed by atoms with van der Waals surface area (Å²) in [5.41, 5.74) is -0.411. The van der Waals surface area contributed by atoms with E-state index in [1.165, 1.54) is 19.3 Å². The smallest absolute Gasteiger partial charge is 0.410 e. The van der Waals surface area contributed by atoms with Gasteiger partial charge in [-0.15, -0.1) is 0 Å². The third kappa shape index (κ3) is 5.79. The first-order valence-electron chi connectivity index (χ1n) is 8.97. The Morgan fingerprint density at radius 3 is 2.23 bits per heavy atom. The van der Waals surface area contributed by atoms with Crippen LogP contribution in [0.4, 0.5) is 4.79 Å². The number of nitrogens with zero attached hydrogens (tertiary/aromatic N) is 1. The largest absolute Gasteiger partial charge is 0.444 e. The number of carbonyl (C=O) groups excluding carboxylic acids is 1. The summed E-state index contributed by atoms with van der Waals surface area (Å²) >= 11 is 0. The molecule has 0 aromatic heterocycles. The zero-order valence-corrected chi connectivity index (χ0v) is 15.0. The van der Waals surface area contributed by atoms with Gasteiger partial charge in [-0.25, -0.2) is 4.79 Å². The Balaban J connectivity index is 1.76. The number of nitrogens with one attached hydrogen (secondary N) is 1. The number of amides is 1. The molecule has 1 amide bonds. The highest BCUT2D eigenvalue weighted by molar-refractivity contribution is 5.69. The van der Waals surface area contributed by atoms with Gasteiger partial charge in [0.25, 0.3) is 0 Å². The molecule has 0 heterocycles. The molecule has 128 valence electrons. The molecule has 2 atom stereocenters. The molecule has 0 radical (unpaired) electrons. The summed E-state index contributed by atoms with van der Waals surface area (Å²) in [6, 6.07) is 1.01. The van der Waals surface area contributed by atoms with Gasteiger partial charge in [-0.2, -0.15) is 0 Å². The fraction of sp³-hybridized carbons (Fsp3) is 0.944. The van der Waals surface area contributed by atoms with Crippen LogP contribution in [0.5, 0.6) is 0 Å². The fourth-order valence-electron chi connectivity index (χ4n) is 3.63. The second kappa shape index (κ2) is 7.20. The maximum absolute atomic E-state index is 12.3. The van der Waals surface area contributed by atoms with Crippen molar-refractivity contribution < 1.29 is 9.53 Å². The summed E-state index contributed by atoms with van der Waals surface area (Å²) in [7, 11) is 0. The summed E-state index contributed by atoms with van der Waals surface area (Å²) in [5.74, 6) is 1.62. The Bertz CT molecular complexity index is 364. The maximum atomic E-state index is 12.3. The number of ether oxygens (including phenoxy) is 1. The van der Waals surface area contributed by atoms with Gasteiger partial charge < -0.3 is 15.0 Å². The summed E-state index contributed by atoms with van der Waals surface area (Å²) < 4.78 is 5.54. The van der Waals surface area contributed by atoms with Crippen LogP contribution < -0.4 is 5.32 Å². The van der Waals surface area contributed by atoms with Gasteiger partial charge >= 0.3 is 6.09 Å². The lowest BCUT2D eigenvalue weighted by molar-refractivity contribution is 0.0233. The van der Waals surface area contributed by atoms with E-state index in [1.54, 1.807) is 0 Å². The highest BCUT2D eigenvalue weighted by Gasteiger charge is 2.35. The zero-order chi connectivity index (χ0) is 16.3. The second-order valence-corrected chi connectivity index (χ2v) is 8.47. The van der Waals surface area contributed by atoms with Crippen molar-refractivity contribution in [3.05, 3.63) is 0 Å². The standard InChI is InChI=1S/C18H34N2O2/c1-13-10-14(2)12-15(11-13)19-8-9-20(16-6-7-16)17(21)22-18(3,4)5/h13-16,19H,6-12H2,1-5H3. The van der Waals surface area contributed by atoms with Crippen LogP contribution >= 0.6 is 0 Å². The van der Waals surface area contributed by atoms with Crippen molar-refractivity contribution in [2.24, 2.45) is 11.8 Å². The molecule has 0 aromatic carbocycles. The Kier molecular flexibility index (Phi) is 5.76. The van der Waals surface area contributed by atoms with Crippen LogP contribution in [-0.4, -0.2) is 41.8 Å². The minimum atomic E-state index is -0.411. The third-order valence-electron chi connectivity index (χ3n) is 4.58. The molecule has 2 aliphatic rings. The van der Waals surface area contributed by atoms with Gasteiger partial charge in [0.05, 0.1) is 0 Å². The SMILES string of the molecule is CC1CC(C)CC(NCCN(C(=O)OC(C)(C)C)C2CC2)C1. The van der Waals surface area contributed by atoms with Gasteiger partial charge in [-0.05, 0) is 64.7 Å². The van der Waals surface area contributed by atoms with E-state index >= 15 is 0 Å². The molecule has 0 spiro atoms. The number of carbonyl (C=O) groups is 1. The summed E-state index contributed by atoms with van der Waals surface area (Å²) in [6.07, 6.45) is 5.97. The van der Waals surface area contributed by atoms with Crippen LogP contribution in [0.1, 0.15) is 66.7 Å². The van der Waals surface area contributed by atoms with E-state index in [4.69, 9.17) is 4.74 Å². The molecule has 2 unspecified atom stereocenters. The van der Waals surface area contributed by atoms with Crippen molar-refractivity contribution in [3.63, 3.8) is 0 Å². The summed E-state index contributed by atoms with van der Waals surface area (Å²) in [6.45, 7) is 12.1. The molecule has 0 saturated heterocycles. The van der Waals surface area contributed by atoms with Crippen molar-refractivity contribution in [1.82, 2.24) is 10.2 Å². The number of hydrogen-bond donors (Lipinski definition) is 1. The van der Waals surface area contributed by atoms with Gasteiger partial charge in [0.2, 0.25) is 0 Å². The molecule has 2 aliphatic carbocycles. The molecular weight excluding hydrogens is 276 g/mol. The van der Waals surface area contributed by atoms with E-state index in [0.717, 1.165) is 37.8 Å². The normalized spacial score (nSPS) is 29.2. The van der Waals surface area contributed by atoms with E-state index in [-0.39, 0.29) is 6.09 Å². The van der Waals surface area contributed by atoms with Gasteiger partial charge in [0.15, 0.2) is 0 Å². The topological polar surface area (TPSA) is 41.6 Å². The van der Waals surface area contributed by atoms with Crippen molar-refractivity contribution in [2.45, 2.75) is 84.4 Å². The van der Waals surface area contributed by atoms with Crippen LogP contribution in [0.15, 0.2) is 0 Å². The van der Waals surface area contributed by atoms with Gasteiger partial charge in [0.1, 0.15) is 5.60 Å². The molecular formula is C18H34N2O2. The minimum Gasteiger partial charge on any atom is -0.444 e. The lowest BCUT2D eigenvalue weighted by Gasteiger charge is -2.33. The van der Waals surface area contributed by atoms with Crippen molar-refractivity contribution in [3.8, 4) is 0 Å². The molecule has 22 heavy (non-hydrogen) atoms. The number of rotatable bonds is 5. The quantitative estimate of drug-likeness (QED) is 0.840. The highest BCUT2D eigenvalue weighted by Crippen LogP contribution is 2.29. The van der Waals surface area contributed by atoms with E-state index < -0.39 is 5.60 Å². The average Bonchev–Trinajstić information content (AvgIpc) is 3.15. The minimum absolute atomic E-state index is 0.151. The van der Waals surface area contributed by atoms with Gasteiger partial charge in [0, 0.05) is 25.2 Å². The van der Waals surface area contributed by atoms with Crippen LogP contribution in [0.2, 0.25) is 0 Å². The van der Waals surface area contributed by atoms with E-state index in [9.17, 15) is 4.79 Å². The number of hydrogen-bond acceptors (Lipinski definition) is 3. The van der Waals surface area contributed by atoms with Crippen LogP contribution in [0.3, 0.4) is 0 Å². The van der Waals surface area contributed by atoms with E-state index in [2.05, 4.69) is 19.2 Å². The summed E-state index contributed by atoms with van der Waals surface area (Å²) in [5, 5.41) is 3.66. The van der Waals surface area contributed by atoms with Gasteiger partial charge in [-0.3, -0.25) is 0 Å². The predicted molar refractivity (Wildman–Crippen MR) is 89.9 cm³/mol. The van der Waals surface area contributed by atoms with Crippen LogP contribution in [0, 0.1) is 11.8 Å². The van der Waals surface area contributed by atoms with Crippen molar-refractivity contribution in [1.29, 1.82) is 0 Å². The average molecular weight is 310 g/mol. The summed E-state index contributed by atoms with van der Waals surface area (Å²) in [4.78, 5) is 14.2. The van der Waals surface area contributed by atoms with E-state index in [0.29, 0.717) is 12.1 Å². The lowest BCUT2D eigenvalue weighted by Crippen LogP contribution is -2.44. The monoisotopic (exact) mass is 310 g/mol. The molecule has 2 rings (SSSR count). The molecule has 0 bridgehead atoms. The molecule has 2 saturated carbocycles. The maximum Gasteiger partial charge on any atom is 0.410 e. The van der Waals surface area contributed by atoms with Crippen LogP contribution in [-0.2, 0) is 4.74 Å². The molecule has 0 aromatic rings. The van der Waals surface area contributed by atoms with Crippen LogP contribution in [0.25, 0.3) is 0 Å². The molecule has 4 nitrogen and oxygen atoms in total. The lowest BCUT2D eigenvalue weighted by atomic mass is 9.80. The van der Waals surface area contributed by atoms with Crippen molar-refractivity contribution in [2.75, 3.05) is 13.1 Å². The molecule has 4 heteroatoms. The fourth-order valence-corrected chi connectivity index (χ4v) is 3.63. The third-order valence-corrected chi connectivity index (χ3v) is 4.58. The predicted octanol–water partition coefficient (Wildman–Crippen LogP) is 3.80. The van der Waals surface area contributed by atoms with E-state index in [1.807, 2.05) is 25.7 Å². The second-order valence-electron chi connectivity index (χ2n) is 8.47. The Morgan fingerprint density at radius 2 is 1.73 bits per heavy atom. The molecule has 2 fully saturated rings. The van der Waals surface area contributed by atoms with Crippen molar-refractivity contribution >= 4 is 6.09 Å². The van der Waals surface area contributed by atoms with Gasteiger partial charge in [-0.1, -0.05) is 13.8 Å². The Morgan fingerprint density at radius 1 is 1.14 bits per heavy atom. The Labute approximate surface area is 136 Å². The Hall–Kier alpha value is -0.770.